The summed E-state index contributed by atoms with van der Waals surface area (Å²) in [4.78, 5) is 17.0. The molecule has 5 nitrogen and oxygen atoms in total. The third-order valence-electron chi connectivity index (χ3n) is 3.34. The number of carbonyl (C=O) groups is 1. The molecule has 0 bridgehead atoms. The van der Waals surface area contributed by atoms with E-state index in [-0.39, 0.29) is 5.69 Å². The van der Waals surface area contributed by atoms with E-state index in [9.17, 15) is 4.79 Å². The zero-order valence-electron chi connectivity index (χ0n) is 10.6. The fourth-order valence-corrected chi connectivity index (χ4v) is 2.45. The molecule has 2 N–H and O–H groups in total. The van der Waals surface area contributed by atoms with Gasteiger partial charge in [0, 0.05) is 13.1 Å². The van der Waals surface area contributed by atoms with Crippen molar-refractivity contribution < 1.29 is 9.90 Å². The van der Waals surface area contributed by atoms with E-state index in [4.69, 9.17) is 5.11 Å². The molecule has 2 heterocycles. The number of carboxylic acid groups (broad SMARTS) is 1. The maximum atomic E-state index is 10.7. The van der Waals surface area contributed by atoms with Crippen LogP contribution in [0, 0.1) is 5.92 Å². The van der Waals surface area contributed by atoms with Gasteiger partial charge in [0.1, 0.15) is 5.69 Å². The summed E-state index contributed by atoms with van der Waals surface area (Å²) in [6, 6.07) is 3.41. The molecule has 1 aliphatic heterocycles. The molecule has 0 amide bonds. The molecular formula is C13H19N3O2. The Morgan fingerprint density at radius 3 is 3.06 bits per heavy atom. The van der Waals surface area contributed by atoms with Crippen LogP contribution in [-0.2, 0) is 0 Å². The Balaban J connectivity index is 2.04. The molecule has 0 aliphatic carbocycles. The Labute approximate surface area is 107 Å². The van der Waals surface area contributed by atoms with Crippen LogP contribution in [0.4, 0.5) is 5.69 Å². The number of hydrogen-bond acceptors (Lipinski definition) is 4. The van der Waals surface area contributed by atoms with Gasteiger partial charge in [0.05, 0.1) is 11.9 Å². The van der Waals surface area contributed by atoms with Gasteiger partial charge < -0.3 is 15.3 Å². The van der Waals surface area contributed by atoms with Gasteiger partial charge in [0.15, 0.2) is 0 Å². The van der Waals surface area contributed by atoms with Gasteiger partial charge >= 0.3 is 5.97 Å². The number of nitrogens with one attached hydrogen (secondary N) is 1. The van der Waals surface area contributed by atoms with Crippen molar-refractivity contribution in [1.82, 2.24) is 10.3 Å². The molecule has 1 aromatic rings. The minimum atomic E-state index is -0.978. The fourth-order valence-electron chi connectivity index (χ4n) is 2.45. The van der Waals surface area contributed by atoms with E-state index in [2.05, 4.69) is 15.2 Å². The monoisotopic (exact) mass is 249 g/mol. The van der Waals surface area contributed by atoms with Crippen molar-refractivity contribution in [2.45, 2.75) is 12.8 Å². The summed E-state index contributed by atoms with van der Waals surface area (Å²) in [7, 11) is 1.97. The van der Waals surface area contributed by atoms with Crippen molar-refractivity contribution in [1.29, 1.82) is 0 Å². The van der Waals surface area contributed by atoms with Crippen molar-refractivity contribution >= 4 is 11.7 Å². The zero-order chi connectivity index (χ0) is 13.0. The van der Waals surface area contributed by atoms with Gasteiger partial charge in [0.25, 0.3) is 0 Å². The van der Waals surface area contributed by atoms with Crippen LogP contribution in [0.5, 0.6) is 0 Å². The number of pyridine rings is 1. The molecule has 1 unspecified atom stereocenters. The lowest BCUT2D eigenvalue weighted by Crippen LogP contribution is -2.39. The normalized spacial score (nSPS) is 19.8. The average molecular weight is 249 g/mol. The Morgan fingerprint density at radius 2 is 2.44 bits per heavy atom. The molecular weight excluding hydrogens is 230 g/mol. The first-order valence-electron chi connectivity index (χ1n) is 6.29. The Hall–Kier alpha value is -1.62. The molecule has 1 atom stereocenters. The predicted octanol–water partition coefficient (Wildman–Crippen LogP) is 1.22. The predicted molar refractivity (Wildman–Crippen MR) is 70.1 cm³/mol. The summed E-state index contributed by atoms with van der Waals surface area (Å²) >= 11 is 0. The first-order valence-corrected chi connectivity index (χ1v) is 6.29. The average Bonchev–Trinajstić information content (AvgIpc) is 2.39. The van der Waals surface area contributed by atoms with E-state index in [0.717, 1.165) is 25.3 Å². The molecule has 0 aromatic carbocycles. The lowest BCUT2D eigenvalue weighted by Gasteiger charge is -2.34. The second-order valence-corrected chi connectivity index (χ2v) is 4.72. The van der Waals surface area contributed by atoms with Crippen molar-refractivity contribution in [3.8, 4) is 0 Å². The van der Waals surface area contributed by atoms with Crippen LogP contribution in [0.3, 0.4) is 0 Å². The first kappa shape index (κ1) is 12.8. The molecule has 5 heteroatoms. The molecule has 1 saturated heterocycles. The van der Waals surface area contributed by atoms with E-state index in [1.807, 2.05) is 13.1 Å². The molecule has 1 aliphatic rings. The molecule has 18 heavy (non-hydrogen) atoms. The smallest absolute Gasteiger partial charge is 0.354 e. The highest BCUT2D eigenvalue weighted by molar-refractivity contribution is 5.85. The molecule has 1 aromatic heterocycles. The third-order valence-corrected chi connectivity index (χ3v) is 3.34. The third kappa shape index (κ3) is 2.98. The summed E-state index contributed by atoms with van der Waals surface area (Å²) in [6.07, 6.45) is 4.08. The van der Waals surface area contributed by atoms with Gasteiger partial charge in [-0.1, -0.05) is 0 Å². The van der Waals surface area contributed by atoms with Crippen molar-refractivity contribution in [3.05, 3.63) is 24.0 Å². The van der Waals surface area contributed by atoms with Crippen LogP contribution in [0.2, 0.25) is 0 Å². The van der Waals surface area contributed by atoms with Crippen molar-refractivity contribution in [2.24, 2.45) is 5.92 Å². The van der Waals surface area contributed by atoms with E-state index in [0.29, 0.717) is 5.92 Å². The summed E-state index contributed by atoms with van der Waals surface area (Å²) in [6.45, 7) is 3.06. The Morgan fingerprint density at radius 1 is 1.61 bits per heavy atom. The number of anilines is 1. The number of aromatic carboxylic acids is 1. The van der Waals surface area contributed by atoms with Gasteiger partial charge in [-0.05, 0) is 44.5 Å². The number of hydrogen-bond donors (Lipinski definition) is 2. The highest BCUT2D eigenvalue weighted by Gasteiger charge is 2.19. The SMILES string of the molecule is CNCC1CCCN(c2ccc(C(=O)O)nc2)C1. The molecule has 0 radical (unpaired) electrons. The van der Waals surface area contributed by atoms with Gasteiger partial charge in [-0.2, -0.15) is 0 Å². The Bertz CT molecular complexity index is 403. The second-order valence-electron chi connectivity index (χ2n) is 4.72. The topological polar surface area (TPSA) is 65.5 Å². The fraction of sp³-hybridized carbons (Fsp3) is 0.538. The van der Waals surface area contributed by atoms with E-state index >= 15 is 0 Å². The zero-order valence-corrected chi connectivity index (χ0v) is 10.6. The minimum Gasteiger partial charge on any atom is -0.477 e. The summed E-state index contributed by atoms with van der Waals surface area (Å²) in [5.41, 5.74) is 1.11. The number of rotatable bonds is 4. The standard InChI is InChI=1S/C13H19N3O2/c1-14-7-10-3-2-6-16(9-10)11-4-5-12(13(17)18)15-8-11/h4-5,8,10,14H,2-3,6-7,9H2,1H3,(H,17,18). The van der Waals surface area contributed by atoms with Crippen LogP contribution in [0.25, 0.3) is 0 Å². The molecule has 1 fully saturated rings. The van der Waals surface area contributed by atoms with E-state index in [1.165, 1.54) is 12.8 Å². The first-order chi connectivity index (χ1) is 8.70. The molecule has 98 valence electrons. The van der Waals surface area contributed by atoms with Crippen LogP contribution in [-0.4, -0.2) is 42.7 Å². The van der Waals surface area contributed by atoms with Crippen LogP contribution in [0.1, 0.15) is 23.3 Å². The van der Waals surface area contributed by atoms with Gasteiger partial charge in [-0.25, -0.2) is 9.78 Å². The van der Waals surface area contributed by atoms with Gasteiger partial charge in [0.2, 0.25) is 0 Å². The summed E-state index contributed by atoms with van der Waals surface area (Å²) in [5, 5.41) is 12.0. The largest absolute Gasteiger partial charge is 0.477 e. The van der Waals surface area contributed by atoms with Crippen molar-refractivity contribution in [2.75, 3.05) is 31.6 Å². The Kier molecular flexibility index (Phi) is 4.15. The second kappa shape index (κ2) is 5.82. The van der Waals surface area contributed by atoms with Gasteiger partial charge in [-0.15, -0.1) is 0 Å². The highest BCUT2D eigenvalue weighted by atomic mass is 16.4. The van der Waals surface area contributed by atoms with E-state index in [1.54, 1.807) is 12.3 Å². The quantitative estimate of drug-likeness (QED) is 0.840. The molecule has 0 saturated carbocycles. The maximum Gasteiger partial charge on any atom is 0.354 e. The number of nitrogens with zero attached hydrogens (tertiary/aromatic N) is 2. The number of piperidine rings is 1. The highest BCUT2D eigenvalue weighted by Crippen LogP contribution is 2.22. The van der Waals surface area contributed by atoms with E-state index < -0.39 is 5.97 Å². The van der Waals surface area contributed by atoms with Gasteiger partial charge in [-0.3, -0.25) is 0 Å². The summed E-state index contributed by atoms with van der Waals surface area (Å²) in [5.74, 6) is -0.323. The molecule has 2 rings (SSSR count). The van der Waals surface area contributed by atoms with Crippen LogP contribution in [0.15, 0.2) is 18.3 Å². The lowest BCUT2D eigenvalue weighted by atomic mass is 9.98. The van der Waals surface area contributed by atoms with Crippen LogP contribution < -0.4 is 10.2 Å². The maximum absolute atomic E-state index is 10.7. The number of carboxylic acids is 1. The number of aromatic nitrogens is 1. The molecule has 0 spiro atoms. The lowest BCUT2D eigenvalue weighted by molar-refractivity contribution is 0.0690. The van der Waals surface area contributed by atoms with Crippen LogP contribution >= 0.6 is 0 Å². The minimum absolute atomic E-state index is 0.0996. The summed E-state index contributed by atoms with van der Waals surface area (Å²) < 4.78 is 0. The van der Waals surface area contributed by atoms with Crippen molar-refractivity contribution in [3.63, 3.8) is 0 Å².